The van der Waals surface area contributed by atoms with E-state index in [4.69, 9.17) is 0 Å². The molecule has 0 radical (unpaired) electrons. The van der Waals surface area contributed by atoms with Gasteiger partial charge in [-0.1, -0.05) is 20.8 Å². The maximum Gasteiger partial charge on any atom is 0.409 e. The average molecular weight is 336 g/mol. The summed E-state index contributed by atoms with van der Waals surface area (Å²) in [5.41, 5.74) is -0.338. The third kappa shape index (κ3) is 7.00. The van der Waals surface area contributed by atoms with Crippen molar-refractivity contribution in [2.75, 3.05) is 26.7 Å². The molecule has 2 unspecified atom stereocenters. The van der Waals surface area contributed by atoms with Gasteiger partial charge in [0.15, 0.2) is 0 Å². The Bertz CT molecular complexity index is 420. The Morgan fingerprint density at radius 1 is 1.13 bits per heavy atom. The number of carbonyl (C=O) groups is 2. The van der Waals surface area contributed by atoms with E-state index in [1.54, 1.807) is 0 Å². The number of hydrogen-bond donors (Lipinski definition) is 2. The minimum absolute atomic E-state index is 0.0643. The third-order valence-corrected chi connectivity index (χ3v) is 3.92. The number of ether oxygens (including phenoxy) is 2. The summed E-state index contributed by atoms with van der Waals surface area (Å²) >= 11 is 0. The molecule has 23 heavy (non-hydrogen) atoms. The Morgan fingerprint density at radius 2 is 1.83 bits per heavy atom. The third-order valence-electron chi connectivity index (χ3n) is 3.92. The van der Waals surface area contributed by atoms with Crippen molar-refractivity contribution < 1.29 is 27.8 Å². The second kappa shape index (κ2) is 8.31. The van der Waals surface area contributed by atoms with E-state index in [1.807, 2.05) is 6.92 Å². The number of carbonyl (C=O) groups excluding carboxylic acids is 2. The fraction of sp³-hybridized carbons (Fsp3) is 0.867. The Morgan fingerprint density at radius 3 is 2.43 bits per heavy atom. The van der Waals surface area contributed by atoms with E-state index in [0.717, 1.165) is 12.8 Å². The summed E-state index contributed by atoms with van der Waals surface area (Å²) in [6, 6.07) is -0.175. The van der Waals surface area contributed by atoms with Crippen molar-refractivity contribution >= 4 is 12.2 Å². The van der Waals surface area contributed by atoms with Gasteiger partial charge < -0.3 is 20.1 Å². The van der Waals surface area contributed by atoms with Gasteiger partial charge in [0.2, 0.25) is 6.86 Å². The van der Waals surface area contributed by atoms with Gasteiger partial charge in [-0.15, -0.1) is 0 Å². The lowest BCUT2D eigenvalue weighted by Gasteiger charge is -2.46. The summed E-state index contributed by atoms with van der Waals surface area (Å²) in [5.74, 6) is 0. The van der Waals surface area contributed by atoms with E-state index in [1.165, 1.54) is 0 Å². The highest BCUT2D eigenvalue weighted by atomic mass is 19.1. The largest absolute Gasteiger partial charge is 0.447 e. The molecular weight excluding hydrogens is 310 g/mol. The highest BCUT2D eigenvalue weighted by Crippen LogP contribution is 2.45. The fourth-order valence-electron chi connectivity index (χ4n) is 3.60. The zero-order valence-corrected chi connectivity index (χ0v) is 13.9. The average Bonchev–Trinajstić information content (AvgIpc) is 2.41. The molecule has 134 valence electrons. The molecule has 2 atom stereocenters. The minimum Gasteiger partial charge on any atom is -0.447 e. The van der Waals surface area contributed by atoms with Crippen LogP contribution in [-0.4, -0.2) is 44.9 Å². The minimum atomic E-state index is -1.17. The molecule has 0 heterocycles. The molecular formula is C15H26F2N2O4. The number of alkyl halides is 2. The van der Waals surface area contributed by atoms with Crippen molar-refractivity contribution in [2.24, 2.45) is 10.8 Å². The summed E-state index contributed by atoms with van der Waals surface area (Å²) in [6.07, 6.45) is 0.735. The first-order valence-corrected chi connectivity index (χ1v) is 7.65. The molecule has 2 amide bonds. The smallest absolute Gasteiger partial charge is 0.409 e. The van der Waals surface area contributed by atoms with Crippen LogP contribution in [0.3, 0.4) is 0 Å². The molecule has 1 rings (SSSR count). The Balaban J connectivity index is 2.61. The lowest BCUT2D eigenvalue weighted by Crippen LogP contribution is -2.50. The molecule has 1 aliphatic carbocycles. The summed E-state index contributed by atoms with van der Waals surface area (Å²) in [6.45, 7) is 4.33. The number of alkyl carbamates (subject to hydrolysis) is 2. The second-order valence-corrected chi connectivity index (χ2v) is 7.12. The first-order chi connectivity index (χ1) is 10.7. The number of nitrogens with one attached hydrogen (secondary N) is 2. The van der Waals surface area contributed by atoms with Crippen molar-refractivity contribution in [3.63, 3.8) is 0 Å². The molecule has 1 saturated carbocycles. The standard InChI is InChI=1S/C15H26F2N2O4/c1-14(2)6-11(19-13(21)23-10-17)7-15(3,8-14)9-18-12(20)22-5-4-16/h11H,4-10H2,1-3H3,(H,18,20)(H,19,21). The van der Waals surface area contributed by atoms with Gasteiger partial charge in [-0.05, 0) is 30.1 Å². The predicted molar refractivity (Wildman–Crippen MR) is 80.4 cm³/mol. The lowest BCUT2D eigenvalue weighted by atomic mass is 9.62. The molecule has 1 fully saturated rings. The number of amides is 2. The zero-order chi connectivity index (χ0) is 17.5. The van der Waals surface area contributed by atoms with Gasteiger partial charge in [-0.3, -0.25) is 0 Å². The molecule has 0 aliphatic heterocycles. The van der Waals surface area contributed by atoms with Crippen molar-refractivity contribution in [2.45, 2.75) is 46.1 Å². The maximum absolute atomic E-state index is 12.0. The van der Waals surface area contributed by atoms with Gasteiger partial charge in [-0.2, -0.15) is 0 Å². The predicted octanol–water partition coefficient (Wildman–Crippen LogP) is 2.92. The van der Waals surface area contributed by atoms with Crippen LogP contribution in [0.25, 0.3) is 0 Å². The molecule has 0 aromatic carbocycles. The Hall–Kier alpha value is -1.60. The van der Waals surface area contributed by atoms with Crippen LogP contribution in [0, 0.1) is 10.8 Å². The number of hydrogen-bond acceptors (Lipinski definition) is 4. The van der Waals surface area contributed by atoms with Crippen molar-refractivity contribution in [1.29, 1.82) is 0 Å². The van der Waals surface area contributed by atoms with Crippen LogP contribution in [0.15, 0.2) is 0 Å². The van der Waals surface area contributed by atoms with Gasteiger partial charge in [-0.25, -0.2) is 18.4 Å². The van der Waals surface area contributed by atoms with Gasteiger partial charge in [0.05, 0.1) is 0 Å². The zero-order valence-electron chi connectivity index (χ0n) is 13.9. The van der Waals surface area contributed by atoms with Gasteiger partial charge in [0.25, 0.3) is 0 Å². The van der Waals surface area contributed by atoms with Crippen molar-refractivity contribution in [3.05, 3.63) is 0 Å². The van der Waals surface area contributed by atoms with Crippen LogP contribution < -0.4 is 10.6 Å². The molecule has 1 aliphatic rings. The van der Waals surface area contributed by atoms with Crippen molar-refractivity contribution in [1.82, 2.24) is 10.6 Å². The highest BCUT2D eigenvalue weighted by molar-refractivity contribution is 5.67. The monoisotopic (exact) mass is 336 g/mol. The van der Waals surface area contributed by atoms with E-state index in [2.05, 4.69) is 34.0 Å². The number of rotatable bonds is 6. The highest BCUT2D eigenvalue weighted by Gasteiger charge is 2.42. The lowest BCUT2D eigenvalue weighted by molar-refractivity contribution is 0.0548. The van der Waals surface area contributed by atoms with E-state index in [-0.39, 0.29) is 23.5 Å². The van der Waals surface area contributed by atoms with Gasteiger partial charge >= 0.3 is 12.2 Å². The molecule has 6 nitrogen and oxygen atoms in total. The molecule has 8 heteroatoms. The van der Waals surface area contributed by atoms with Crippen LogP contribution in [0.2, 0.25) is 0 Å². The molecule has 0 aromatic heterocycles. The van der Waals surface area contributed by atoms with Crippen LogP contribution >= 0.6 is 0 Å². The summed E-state index contributed by atoms with van der Waals surface area (Å²) in [7, 11) is 0. The topological polar surface area (TPSA) is 76.7 Å². The Labute approximate surface area is 135 Å². The van der Waals surface area contributed by atoms with Crippen LogP contribution in [0.1, 0.15) is 40.0 Å². The van der Waals surface area contributed by atoms with E-state index in [9.17, 15) is 18.4 Å². The SMILES string of the molecule is CC1(C)CC(NC(=O)OCF)CC(C)(CNC(=O)OCCF)C1. The first-order valence-electron chi connectivity index (χ1n) is 7.65. The first kappa shape index (κ1) is 19.4. The van der Waals surface area contributed by atoms with Crippen LogP contribution in [0.4, 0.5) is 18.4 Å². The Kier molecular flexibility index (Phi) is 7.02. The van der Waals surface area contributed by atoms with Crippen molar-refractivity contribution in [3.8, 4) is 0 Å². The maximum atomic E-state index is 12.0. The molecule has 2 N–H and O–H groups in total. The molecule has 0 aromatic rings. The summed E-state index contributed by atoms with van der Waals surface area (Å²) in [5, 5.41) is 5.29. The normalized spacial score (nSPS) is 26.2. The van der Waals surface area contributed by atoms with E-state index < -0.39 is 25.7 Å². The van der Waals surface area contributed by atoms with E-state index in [0.29, 0.717) is 13.0 Å². The van der Waals surface area contributed by atoms with Gasteiger partial charge in [0, 0.05) is 12.6 Å². The van der Waals surface area contributed by atoms with E-state index >= 15 is 0 Å². The molecule has 0 bridgehead atoms. The van der Waals surface area contributed by atoms with Crippen LogP contribution in [0.5, 0.6) is 0 Å². The summed E-state index contributed by atoms with van der Waals surface area (Å²) in [4.78, 5) is 22.9. The number of halogens is 2. The molecule has 0 saturated heterocycles. The summed E-state index contributed by atoms with van der Waals surface area (Å²) < 4.78 is 32.9. The fourth-order valence-corrected chi connectivity index (χ4v) is 3.60. The van der Waals surface area contributed by atoms with Gasteiger partial charge in [0.1, 0.15) is 13.3 Å². The quantitative estimate of drug-likeness (QED) is 0.782. The molecule has 0 spiro atoms. The van der Waals surface area contributed by atoms with Crippen LogP contribution in [-0.2, 0) is 9.47 Å². The second-order valence-electron chi connectivity index (χ2n) is 7.12.